The van der Waals surface area contributed by atoms with Crippen LogP contribution < -0.4 is 0 Å². The van der Waals surface area contributed by atoms with Crippen LogP contribution in [0.3, 0.4) is 0 Å². The van der Waals surface area contributed by atoms with Crippen molar-refractivity contribution in [2.24, 2.45) is 0 Å². The number of carbonyl (C=O) groups is 2. The van der Waals surface area contributed by atoms with Crippen molar-refractivity contribution in [3.8, 4) is 5.69 Å². The van der Waals surface area contributed by atoms with Crippen LogP contribution in [0.15, 0.2) is 24.3 Å². The van der Waals surface area contributed by atoms with Gasteiger partial charge in [0.15, 0.2) is 5.78 Å². The molecule has 1 aromatic heterocycles. The Morgan fingerprint density at radius 3 is 2.26 bits per heavy atom. The van der Waals surface area contributed by atoms with E-state index in [0.717, 1.165) is 62.6 Å². The third-order valence-corrected chi connectivity index (χ3v) is 7.46. The summed E-state index contributed by atoms with van der Waals surface area (Å²) in [5.74, 6) is 0.0688. The Balaban J connectivity index is 1.33. The van der Waals surface area contributed by atoms with Gasteiger partial charge in [-0.2, -0.15) is 0 Å². The molecule has 0 N–H and O–H groups in total. The van der Waals surface area contributed by atoms with Crippen molar-refractivity contribution in [1.82, 2.24) is 19.3 Å². The molecule has 4 rings (SSSR count). The molecule has 7 heteroatoms. The van der Waals surface area contributed by atoms with E-state index < -0.39 is 0 Å². The highest BCUT2D eigenvalue weighted by molar-refractivity contribution is 5.99. The first-order valence-corrected chi connectivity index (χ1v) is 12.5. The summed E-state index contributed by atoms with van der Waals surface area (Å²) in [6, 6.07) is 7.42. The Bertz CT molecular complexity index is 1060. The number of amides is 1. The Kier molecular flexibility index (Phi) is 7.53. The molecule has 34 heavy (non-hydrogen) atoms. The maximum Gasteiger partial charge on any atom is 0.236 e. The summed E-state index contributed by atoms with van der Waals surface area (Å²) in [6.07, 6.45) is 3.41. The molecule has 0 radical (unpaired) electrons. The van der Waals surface area contributed by atoms with Gasteiger partial charge in [-0.15, -0.1) is 0 Å². The lowest BCUT2D eigenvalue weighted by Gasteiger charge is -2.37. The largest absolute Gasteiger partial charge is 0.339 e. The summed E-state index contributed by atoms with van der Waals surface area (Å²) in [4.78, 5) is 32.3. The van der Waals surface area contributed by atoms with Crippen molar-refractivity contribution in [2.45, 2.75) is 53.0 Å². The van der Waals surface area contributed by atoms with Gasteiger partial charge in [0.2, 0.25) is 5.91 Å². The third-order valence-electron chi connectivity index (χ3n) is 7.46. The zero-order valence-corrected chi connectivity index (χ0v) is 20.9. The number of nitrogens with zero attached hydrogens (tertiary/aromatic N) is 4. The molecule has 0 aliphatic carbocycles. The highest BCUT2D eigenvalue weighted by Crippen LogP contribution is 2.23. The van der Waals surface area contributed by atoms with Crippen molar-refractivity contribution >= 4 is 11.7 Å². The molecule has 0 bridgehead atoms. The van der Waals surface area contributed by atoms with E-state index in [4.69, 9.17) is 0 Å². The quantitative estimate of drug-likeness (QED) is 0.606. The van der Waals surface area contributed by atoms with Gasteiger partial charge in [0.25, 0.3) is 0 Å². The SMILES string of the molecule is Cc1ccc(-n2c(C)cc(C(=O)CN3CCN(CC(=O)N4CCCCC4C)CC3)c2C)cc1F. The number of piperidine rings is 1. The van der Waals surface area contributed by atoms with Gasteiger partial charge in [-0.25, -0.2) is 4.39 Å². The summed E-state index contributed by atoms with van der Waals surface area (Å²) in [5.41, 5.74) is 3.78. The number of halogens is 1. The average molecular weight is 469 g/mol. The Morgan fingerprint density at radius 1 is 0.941 bits per heavy atom. The molecular formula is C27H37FN4O2. The standard InChI is InChI=1S/C27H37FN4O2/c1-19-8-9-23(16-25(19)28)32-21(3)15-24(22(32)4)26(33)17-29-11-13-30(14-12-29)18-27(34)31-10-6-5-7-20(31)2/h8-9,15-16,20H,5-7,10-14,17-18H2,1-4H3. The lowest BCUT2D eigenvalue weighted by atomic mass is 10.0. The summed E-state index contributed by atoms with van der Waals surface area (Å²) >= 11 is 0. The van der Waals surface area contributed by atoms with Crippen LogP contribution in [0, 0.1) is 26.6 Å². The van der Waals surface area contributed by atoms with Crippen LogP contribution in [-0.4, -0.2) is 82.8 Å². The fourth-order valence-electron chi connectivity index (χ4n) is 5.31. The first-order chi connectivity index (χ1) is 16.2. The van der Waals surface area contributed by atoms with E-state index in [2.05, 4.69) is 16.7 Å². The Labute approximate surface area is 202 Å². The number of rotatable bonds is 6. The lowest BCUT2D eigenvalue weighted by molar-refractivity contribution is -0.136. The van der Waals surface area contributed by atoms with Gasteiger partial charge in [-0.1, -0.05) is 6.07 Å². The van der Waals surface area contributed by atoms with E-state index >= 15 is 0 Å². The highest BCUT2D eigenvalue weighted by atomic mass is 19.1. The molecule has 1 atom stereocenters. The third kappa shape index (κ3) is 5.26. The molecule has 0 saturated carbocycles. The lowest BCUT2D eigenvalue weighted by Crippen LogP contribution is -2.52. The summed E-state index contributed by atoms with van der Waals surface area (Å²) in [5, 5.41) is 0. The summed E-state index contributed by atoms with van der Waals surface area (Å²) < 4.78 is 16.1. The molecular weight excluding hydrogens is 431 g/mol. The first-order valence-electron chi connectivity index (χ1n) is 12.5. The van der Waals surface area contributed by atoms with Gasteiger partial charge in [0.05, 0.1) is 13.1 Å². The molecule has 1 amide bonds. The van der Waals surface area contributed by atoms with Gasteiger partial charge < -0.3 is 9.47 Å². The fraction of sp³-hybridized carbons (Fsp3) is 0.556. The van der Waals surface area contributed by atoms with Crippen LogP contribution in [0.25, 0.3) is 5.69 Å². The number of aryl methyl sites for hydroxylation is 2. The van der Waals surface area contributed by atoms with E-state index in [-0.39, 0.29) is 17.5 Å². The van der Waals surface area contributed by atoms with Gasteiger partial charge in [0.1, 0.15) is 5.82 Å². The number of carbonyl (C=O) groups excluding carboxylic acids is 2. The molecule has 1 unspecified atom stereocenters. The highest BCUT2D eigenvalue weighted by Gasteiger charge is 2.27. The van der Waals surface area contributed by atoms with Gasteiger partial charge in [-0.3, -0.25) is 19.4 Å². The van der Waals surface area contributed by atoms with Gasteiger partial charge in [-0.05, 0) is 70.7 Å². The number of ketones is 1. The zero-order chi connectivity index (χ0) is 24.4. The molecule has 2 aliphatic rings. The second-order valence-corrected chi connectivity index (χ2v) is 9.96. The van der Waals surface area contributed by atoms with Crippen molar-refractivity contribution < 1.29 is 14.0 Å². The second kappa shape index (κ2) is 10.4. The maximum absolute atomic E-state index is 14.1. The molecule has 184 valence electrons. The van der Waals surface area contributed by atoms with Crippen molar-refractivity contribution in [2.75, 3.05) is 45.8 Å². The van der Waals surface area contributed by atoms with Crippen molar-refractivity contribution in [3.05, 3.63) is 52.6 Å². The number of Topliss-reactive ketones (excluding diaryl/α,β-unsaturated/α-hetero) is 1. The topological polar surface area (TPSA) is 48.8 Å². The molecule has 2 aromatic rings. The molecule has 2 aliphatic heterocycles. The molecule has 2 fully saturated rings. The van der Waals surface area contributed by atoms with Crippen molar-refractivity contribution in [3.63, 3.8) is 0 Å². The van der Waals surface area contributed by atoms with Crippen LogP contribution in [0.1, 0.15) is 53.5 Å². The number of benzene rings is 1. The number of hydrogen-bond acceptors (Lipinski definition) is 4. The van der Waals surface area contributed by atoms with Crippen LogP contribution in [-0.2, 0) is 4.79 Å². The van der Waals surface area contributed by atoms with Crippen LogP contribution >= 0.6 is 0 Å². The minimum absolute atomic E-state index is 0.0820. The minimum Gasteiger partial charge on any atom is -0.339 e. The van der Waals surface area contributed by atoms with Gasteiger partial charge in [0, 0.05) is 61.4 Å². The summed E-state index contributed by atoms with van der Waals surface area (Å²) in [6.45, 7) is 12.6. The van der Waals surface area contributed by atoms with E-state index in [0.29, 0.717) is 30.3 Å². The normalized spacial score (nSPS) is 20.0. The Hall–Kier alpha value is -2.51. The smallest absolute Gasteiger partial charge is 0.236 e. The van der Waals surface area contributed by atoms with E-state index in [9.17, 15) is 14.0 Å². The fourth-order valence-corrected chi connectivity index (χ4v) is 5.31. The molecule has 3 heterocycles. The number of likely N-dealkylation sites (tertiary alicyclic amines) is 1. The van der Waals surface area contributed by atoms with Gasteiger partial charge >= 0.3 is 0 Å². The number of piperazine rings is 1. The van der Waals surface area contributed by atoms with E-state index in [1.54, 1.807) is 13.0 Å². The number of aromatic nitrogens is 1. The maximum atomic E-state index is 14.1. The van der Waals surface area contributed by atoms with E-state index in [1.807, 2.05) is 35.4 Å². The second-order valence-electron chi connectivity index (χ2n) is 9.96. The first kappa shape index (κ1) is 24.6. The van der Waals surface area contributed by atoms with Crippen LogP contribution in [0.2, 0.25) is 0 Å². The van der Waals surface area contributed by atoms with Crippen LogP contribution in [0.4, 0.5) is 4.39 Å². The summed E-state index contributed by atoms with van der Waals surface area (Å²) in [7, 11) is 0. The number of hydrogen-bond donors (Lipinski definition) is 0. The zero-order valence-electron chi connectivity index (χ0n) is 20.9. The molecule has 0 spiro atoms. The predicted octanol–water partition coefficient (Wildman–Crippen LogP) is 3.74. The van der Waals surface area contributed by atoms with Crippen molar-refractivity contribution in [1.29, 1.82) is 0 Å². The Morgan fingerprint density at radius 2 is 1.62 bits per heavy atom. The molecule has 2 saturated heterocycles. The minimum atomic E-state index is -0.246. The predicted molar refractivity (Wildman–Crippen MR) is 132 cm³/mol. The van der Waals surface area contributed by atoms with E-state index in [1.165, 1.54) is 12.5 Å². The molecule has 1 aromatic carbocycles. The van der Waals surface area contributed by atoms with Crippen LogP contribution in [0.5, 0.6) is 0 Å². The molecule has 6 nitrogen and oxygen atoms in total. The average Bonchev–Trinajstić information content (AvgIpc) is 3.11. The monoisotopic (exact) mass is 468 g/mol.